The fraction of sp³-hybridized carbons (Fsp3) is 0.276. The van der Waals surface area contributed by atoms with E-state index in [1.807, 2.05) is 25.1 Å². The average molecular weight is 501 g/mol. The molecule has 3 aromatic rings. The summed E-state index contributed by atoms with van der Waals surface area (Å²) in [4.78, 5) is 39.8. The lowest BCUT2D eigenvalue weighted by atomic mass is 10.1. The lowest BCUT2D eigenvalue weighted by Crippen LogP contribution is -2.36. The molecule has 0 spiro atoms. The van der Waals surface area contributed by atoms with Crippen molar-refractivity contribution in [2.75, 3.05) is 18.5 Å². The SMILES string of the molecule is CCC(Oc1ccccc1)C(=O)Nc1cccc(Oc2ccc3c(c2)C(=O)N(CC2CCCO2)C3=O)c1. The lowest BCUT2D eigenvalue weighted by Gasteiger charge is -2.18. The number of para-hydroxylation sites is 1. The van der Waals surface area contributed by atoms with Crippen LogP contribution in [0, 0.1) is 0 Å². The Morgan fingerprint density at radius 2 is 1.73 bits per heavy atom. The number of carbonyl (C=O) groups is 3. The van der Waals surface area contributed by atoms with Gasteiger partial charge in [-0.25, -0.2) is 0 Å². The molecule has 0 radical (unpaired) electrons. The van der Waals surface area contributed by atoms with Crippen LogP contribution in [0.2, 0.25) is 0 Å². The summed E-state index contributed by atoms with van der Waals surface area (Å²) < 4.78 is 17.4. The molecule has 2 aliphatic rings. The molecule has 37 heavy (non-hydrogen) atoms. The van der Waals surface area contributed by atoms with Crippen LogP contribution < -0.4 is 14.8 Å². The van der Waals surface area contributed by atoms with E-state index in [-0.39, 0.29) is 30.4 Å². The first kappa shape index (κ1) is 24.5. The summed E-state index contributed by atoms with van der Waals surface area (Å²) in [6.07, 6.45) is 1.52. The minimum absolute atomic E-state index is 0.110. The molecule has 5 rings (SSSR count). The molecule has 0 aromatic heterocycles. The van der Waals surface area contributed by atoms with Gasteiger partial charge < -0.3 is 19.5 Å². The predicted octanol–water partition coefficient (Wildman–Crippen LogP) is 5.05. The first-order valence-electron chi connectivity index (χ1n) is 12.4. The highest BCUT2D eigenvalue weighted by molar-refractivity contribution is 6.21. The minimum Gasteiger partial charge on any atom is -0.481 e. The number of imide groups is 1. The van der Waals surface area contributed by atoms with E-state index in [0.29, 0.717) is 47.1 Å². The molecule has 2 heterocycles. The van der Waals surface area contributed by atoms with Crippen LogP contribution in [-0.4, -0.2) is 48.0 Å². The summed E-state index contributed by atoms with van der Waals surface area (Å²) in [5, 5.41) is 2.87. The van der Waals surface area contributed by atoms with Crippen molar-refractivity contribution in [1.29, 1.82) is 0 Å². The van der Waals surface area contributed by atoms with E-state index in [9.17, 15) is 14.4 Å². The summed E-state index contributed by atoms with van der Waals surface area (Å²) in [6, 6.07) is 21.0. The van der Waals surface area contributed by atoms with Gasteiger partial charge in [0, 0.05) is 18.4 Å². The maximum Gasteiger partial charge on any atom is 0.265 e. The fourth-order valence-electron chi connectivity index (χ4n) is 4.47. The normalized spacial score (nSPS) is 17.4. The van der Waals surface area contributed by atoms with Gasteiger partial charge in [-0.3, -0.25) is 19.3 Å². The van der Waals surface area contributed by atoms with E-state index in [1.54, 1.807) is 54.6 Å². The first-order valence-corrected chi connectivity index (χ1v) is 12.4. The van der Waals surface area contributed by atoms with Crippen molar-refractivity contribution in [3.05, 3.63) is 83.9 Å². The number of benzene rings is 3. The number of rotatable bonds is 9. The molecule has 190 valence electrons. The molecule has 1 N–H and O–H groups in total. The van der Waals surface area contributed by atoms with Crippen LogP contribution in [0.1, 0.15) is 46.9 Å². The zero-order valence-corrected chi connectivity index (χ0v) is 20.5. The highest BCUT2D eigenvalue weighted by Gasteiger charge is 2.37. The van der Waals surface area contributed by atoms with Crippen molar-refractivity contribution in [1.82, 2.24) is 4.90 Å². The molecule has 0 saturated carbocycles. The number of ether oxygens (including phenoxy) is 3. The van der Waals surface area contributed by atoms with Gasteiger partial charge in [-0.2, -0.15) is 0 Å². The topological polar surface area (TPSA) is 94.2 Å². The number of nitrogens with one attached hydrogen (secondary N) is 1. The van der Waals surface area contributed by atoms with Gasteiger partial charge in [-0.05, 0) is 61.7 Å². The van der Waals surface area contributed by atoms with Crippen LogP contribution in [0.3, 0.4) is 0 Å². The molecule has 0 aliphatic carbocycles. The maximum atomic E-state index is 12.9. The molecular weight excluding hydrogens is 472 g/mol. The Morgan fingerprint density at radius 3 is 2.49 bits per heavy atom. The molecular formula is C29H28N2O6. The van der Waals surface area contributed by atoms with Crippen molar-refractivity contribution < 1.29 is 28.6 Å². The molecule has 2 unspecified atom stereocenters. The van der Waals surface area contributed by atoms with Crippen LogP contribution >= 0.6 is 0 Å². The summed E-state index contributed by atoms with van der Waals surface area (Å²) in [6.45, 7) is 2.80. The maximum absolute atomic E-state index is 12.9. The Morgan fingerprint density at radius 1 is 0.973 bits per heavy atom. The van der Waals surface area contributed by atoms with E-state index in [1.165, 1.54) is 4.90 Å². The van der Waals surface area contributed by atoms with Gasteiger partial charge in [0.15, 0.2) is 6.10 Å². The Bertz CT molecular complexity index is 1300. The molecule has 1 saturated heterocycles. The number of carbonyl (C=O) groups excluding carboxylic acids is 3. The van der Waals surface area contributed by atoms with Crippen molar-refractivity contribution in [2.24, 2.45) is 0 Å². The molecule has 8 nitrogen and oxygen atoms in total. The Balaban J connectivity index is 1.25. The molecule has 0 bridgehead atoms. The largest absolute Gasteiger partial charge is 0.481 e. The number of amides is 3. The second-order valence-corrected chi connectivity index (χ2v) is 9.01. The second-order valence-electron chi connectivity index (χ2n) is 9.01. The quantitative estimate of drug-likeness (QED) is 0.413. The van der Waals surface area contributed by atoms with Crippen molar-refractivity contribution >= 4 is 23.4 Å². The second kappa shape index (κ2) is 10.8. The zero-order chi connectivity index (χ0) is 25.8. The molecule has 2 atom stereocenters. The van der Waals surface area contributed by atoms with Crippen LogP contribution in [0.5, 0.6) is 17.2 Å². The van der Waals surface area contributed by atoms with Crippen LogP contribution in [0.25, 0.3) is 0 Å². The van der Waals surface area contributed by atoms with Crippen molar-refractivity contribution in [2.45, 2.75) is 38.4 Å². The Labute approximate surface area is 215 Å². The van der Waals surface area contributed by atoms with E-state index in [0.717, 1.165) is 12.8 Å². The minimum atomic E-state index is -0.648. The third kappa shape index (κ3) is 5.49. The Hall–Kier alpha value is -4.17. The summed E-state index contributed by atoms with van der Waals surface area (Å²) >= 11 is 0. The lowest BCUT2D eigenvalue weighted by molar-refractivity contribution is -0.122. The van der Waals surface area contributed by atoms with E-state index >= 15 is 0 Å². The number of anilines is 1. The van der Waals surface area contributed by atoms with Gasteiger partial charge in [0.1, 0.15) is 17.2 Å². The summed E-state index contributed by atoms with van der Waals surface area (Å²) in [7, 11) is 0. The van der Waals surface area contributed by atoms with Crippen molar-refractivity contribution in [3.8, 4) is 17.2 Å². The number of hydrogen-bond acceptors (Lipinski definition) is 6. The smallest absolute Gasteiger partial charge is 0.265 e. The van der Waals surface area contributed by atoms with Gasteiger partial charge in [0.05, 0.1) is 23.8 Å². The van der Waals surface area contributed by atoms with E-state index < -0.39 is 6.10 Å². The summed E-state index contributed by atoms with van der Waals surface area (Å²) in [5.74, 6) is 0.599. The molecule has 3 amide bonds. The van der Waals surface area contributed by atoms with Crippen LogP contribution in [-0.2, 0) is 9.53 Å². The van der Waals surface area contributed by atoms with Crippen LogP contribution in [0.4, 0.5) is 5.69 Å². The van der Waals surface area contributed by atoms with Gasteiger partial charge >= 0.3 is 0 Å². The van der Waals surface area contributed by atoms with Gasteiger partial charge in [0.25, 0.3) is 17.7 Å². The van der Waals surface area contributed by atoms with E-state index in [4.69, 9.17) is 14.2 Å². The first-order chi connectivity index (χ1) is 18.0. The average Bonchev–Trinajstić information content (AvgIpc) is 3.51. The third-order valence-corrected chi connectivity index (χ3v) is 6.37. The van der Waals surface area contributed by atoms with Gasteiger partial charge in [-0.1, -0.05) is 31.2 Å². The third-order valence-electron chi connectivity index (χ3n) is 6.37. The number of hydrogen-bond donors (Lipinski definition) is 1. The standard InChI is InChI=1S/C29H28N2O6/c1-2-26(37-20-9-4-3-5-10-20)27(32)30-19-8-6-11-21(16-19)36-22-13-14-24-25(17-22)29(34)31(28(24)33)18-23-12-7-15-35-23/h3-6,8-11,13-14,16-17,23,26H,2,7,12,15,18H2,1H3,(H,30,32). The molecule has 1 fully saturated rings. The highest BCUT2D eigenvalue weighted by atomic mass is 16.5. The summed E-state index contributed by atoms with van der Waals surface area (Å²) in [5.41, 5.74) is 1.22. The highest BCUT2D eigenvalue weighted by Crippen LogP contribution is 2.31. The van der Waals surface area contributed by atoms with Gasteiger partial charge in [-0.15, -0.1) is 0 Å². The monoisotopic (exact) mass is 500 g/mol. The molecule has 2 aliphatic heterocycles. The predicted molar refractivity (Wildman–Crippen MR) is 137 cm³/mol. The molecule has 3 aromatic carbocycles. The zero-order valence-electron chi connectivity index (χ0n) is 20.5. The fourth-order valence-corrected chi connectivity index (χ4v) is 4.47. The van der Waals surface area contributed by atoms with Gasteiger partial charge in [0.2, 0.25) is 0 Å². The number of fused-ring (bicyclic) bond motifs is 1. The van der Waals surface area contributed by atoms with E-state index in [2.05, 4.69) is 5.32 Å². The Kier molecular flexibility index (Phi) is 7.18. The van der Waals surface area contributed by atoms with Crippen LogP contribution in [0.15, 0.2) is 72.8 Å². The van der Waals surface area contributed by atoms with Crippen molar-refractivity contribution in [3.63, 3.8) is 0 Å². The number of nitrogens with zero attached hydrogens (tertiary/aromatic N) is 1. The molecule has 8 heteroatoms.